The summed E-state index contributed by atoms with van der Waals surface area (Å²) in [6.45, 7) is 7.26. The SMILES string of the molecule is CC(C)(C)OCCOc1c(Br)cccc1CBr. The minimum Gasteiger partial charge on any atom is -0.490 e. The monoisotopic (exact) mass is 364 g/mol. The summed E-state index contributed by atoms with van der Waals surface area (Å²) < 4.78 is 12.3. The lowest BCUT2D eigenvalue weighted by atomic mass is 10.2. The summed E-state index contributed by atoms with van der Waals surface area (Å²) in [5, 5.41) is 0.780. The molecule has 1 aromatic rings. The van der Waals surface area contributed by atoms with Gasteiger partial charge in [-0.25, -0.2) is 0 Å². The van der Waals surface area contributed by atoms with Gasteiger partial charge in [0.1, 0.15) is 12.4 Å². The second kappa shape index (κ2) is 6.76. The third-order valence-corrected chi connectivity index (χ3v) is 3.29. The van der Waals surface area contributed by atoms with Gasteiger partial charge < -0.3 is 9.47 Å². The van der Waals surface area contributed by atoms with Crippen molar-refractivity contribution >= 4 is 31.9 Å². The van der Waals surface area contributed by atoms with E-state index in [1.807, 2.05) is 39.0 Å². The molecule has 2 nitrogen and oxygen atoms in total. The van der Waals surface area contributed by atoms with E-state index in [0.717, 1.165) is 21.1 Å². The van der Waals surface area contributed by atoms with Gasteiger partial charge in [0.05, 0.1) is 16.7 Å². The smallest absolute Gasteiger partial charge is 0.137 e. The molecule has 0 fully saturated rings. The Hall–Kier alpha value is -0.0600. The fourth-order valence-corrected chi connectivity index (χ4v) is 2.28. The van der Waals surface area contributed by atoms with E-state index in [9.17, 15) is 0 Å². The largest absolute Gasteiger partial charge is 0.490 e. The Morgan fingerprint density at radius 1 is 1.18 bits per heavy atom. The highest BCUT2D eigenvalue weighted by Gasteiger charge is 2.11. The lowest BCUT2D eigenvalue weighted by Crippen LogP contribution is -2.22. The topological polar surface area (TPSA) is 18.5 Å². The molecule has 0 amide bonds. The van der Waals surface area contributed by atoms with Gasteiger partial charge in [0.15, 0.2) is 0 Å². The van der Waals surface area contributed by atoms with Crippen LogP contribution in [0.15, 0.2) is 22.7 Å². The van der Waals surface area contributed by atoms with Crippen molar-refractivity contribution in [3.05, 3.63) is 28.2 Å². The van der Waals surface area contributed by atoms with Crippen LogP contribution in [-0.2, 0) is 10.1 Å². The van der Waals surface area contributed by atoms with Crippen molar-refractivity contribution < 1.29 is 9.47 Å². The lowest BCUT2D eigenvalue weighted by Gasteiger charge is -2.20. The second-order valence-corrected chi connectivity index (χ2v) is 6.09. The number of hydrogen-bond acceptors (Lipinski definition) is 2. The first-order valence-corrected chi connectivity index (χ1v) is 7.45. The Balaban J connectivity index is 2.52. The average molecular weight is 366 g/mol. The van der Waals surface area contributed by atoms with E-state index in [-0.39, 0.29) is 5.60 Å². The molecule has 0 bridgehead atoms. The van der Waals surface area contributed by atoms with Gasteiger partial charge in [-0.1, -0.05) is 28.1 Å². The van der Waals surface area contributed by atoms with Crippen LogP contribution in [-0.4, -0.2) is 18.8 Å². The first-order chi connectivity index (χ1) is 7.94. The standard InChI is InChI=1S/C13H18Br2O2/c1-13(2,3)17-8-7-16-12-10(9-14)5-4-6-11(12)15/h4-6H,7-9H2,1-3H3. The molecule has 96 valence electrons. The molecule has 0 spiro atoms. The van der Waals surface area contributed by atoms with Gasteiger partial charge >= 0.3 is 0 Å². The van der Waals surface area contributed by atoms with Crippen LogP contribution in [0, 0.1) is 0 Å². The van der Waals surface area contributed by atoms with E-state index in [0.29, 0.717) is 13.2 Å². The van der Waals surface area contributed by atoms with Crippen molar-refractivity contribution in [3.8, 4) is 5.75 Å². The molecule has 0 aliphatic heterocycles. The Kier molecular flexibility index (Phi) is 5.97. The molecule has 0 aromatic heterocycles. The quantitative estimate of drug-likeness (QED) is 0.563. The van der Waals surface area contributed by atoms with Crippen LogP contribution in [0.25, 0.3) is 0 Å². The molecule has 0 aliphatic carbocycles. The van der Waals surface area contributed by atoms with Crippen molar-refractivity contribution in [3.63, 3.8) is 0 Å². The van der Waals surface area contributed by atoms with Crippen LogP contribution in [0.5, 0.6) is 5.75 Å². The molecular weight excluding hydrogens is 348 g/mol. The zero-order chi connectivity index (χ0) is 12.9. The number of halogens is 2. The molecule has 0 radical (unpaired) electrons. The fourth-order valence-electron chi connectivity index (χ4n) is 1.31. The van der Waals surface area contributed by atoms with Crippen LogP contribution in [0.1, 0.15) is 26.3 Å². The van der Waals surface area contributed by atoms with E-state index >= 15 is 0 Å². The number of rotatable bonds is 5. The molecule has 0 saturated carbocycles. The summed E-state index contributed by atoms with van der Waals surface area (Å²) in [6, 6.07) is 6.02. The summed E-state index contributed by atoms with van der Waals surface area (Å²) in [7, 11) is 0. The van der Waals surface area contributed by atoms with Crippen LogP contribution in [0.3, 0.4) is 0 Å². The second-order valence-electron chi connectivity index (χ2n) is 4.67. The highest BCUT2D eigenvalue weighted by atomic mass is 79.9. The van der Waals surface area contributed by atoms with Crippen molar-refractivity contribution in [2.24, 2.45) is 0 Å². The maximum atomic E-state index is 5.75. The van der Waals surface area contributed by atoms with E-state index in [4.69, 9.17) is 9.47 Å². The van der Waals surface area contributed by atoms with Crippen LogP contribution < -0.4 is 4.74 Å². The summed E-state index contributed by atoms with van der Waals surface area (Å²) in [5.41, 5.74) is 1.02. The summed E-state index contributed by atoms with van der Waals surface area (Å²) in [6.07, 6.45) is 0. The molecule has 0 aliphatic rings. The van der Waals surface area contributed by atoms with Gasteiger partial charge in [0.2, 0.25) is 0 Å². The highest BCUT2D eigenvalue weighted by molar-refractivity contribution is 9.10. The first-order valence-electron chi connectivity index (χ1n) is 5.54. The molecule has 0 N–H and O–H groups in total. The molecule has 0 atom stereocenters. The number of ether oxygens (including phenoxy) is 2. The van der Waals surface area contributed by atoms with Gasteiger partial charge in [0, 0.05) is 10.9 Å². The van der Waals surface area contributed by atoms with Crippen LogP contribution in [0.4, 0.5) is 0 Å². The molecule has 0 heterocycles. The number of para-hydroxylation sites is 1. The number of hydrogen-bond donors (Lipinski definition) is 0. The minimum absolute atomic E-state index is 0.116. The first kappa shape index (κ1) is 15.0. The predicted molar refractivity (Wildman–Crippen MR) is 78.0 cm³/mol. The highest BCUT2D eigenvalue weighted by Crippen LogP contribution is 2.30. The predicted octanol–water partition coefficient (Wildman–Crippen LogP) is 4.54. The average Bonchev–Trinajstić information content (AvgIpc) is 2.24. The maximum absolute atomic E-state index is 5.75. The molecular formula is C13H18Br2O2. The minimum atomic E-state index is -0.116. The molecule has 17 heavy (non-hydrogen) atoms. The van der Waals surface area contributed by atoms with Crippen molar-refractivity contribution in [1.82, 2.24) is 0 Å². The molecule has 1 aromatic carbocycles. The van der Waals surface area contributed by atoms with Gasteiger partial charge in [0.25, 0.3) is 0 Å². The van der Waals surface area contributed by atoms with Crippen molar-refractivity contribution in [1.29, 1.82) is 0 Å². The van der Waals surface area contributed by atoms with Gasteiger partial charge in [-0.15, -0.1) is 0 Å². The van der Waals surface area contributed by atoms with Crippen LogP contribution in [0.2, 0.25) is 0 Å². The van der Waals surface area contributed by atoms with Crippen LogP contribution >= 0.6 is 31.9 Å². The zero-order valence-corrected chi connectivity index (χ0v) is 13.6. The van der Waals surface area contributed by atoms with Crippen molar-refractivity contribution in [2.45, 2.75) is 31.7 Å². The molecule has 4 heteroatoms. The Morgan fingerprint density at radius 3 is 2.47 bits per heavy atom. The van der Waals surface area contributed by atoms with E-state index in [2.05, 4.69) is 31.9 Å². The van der Waals surface area contributed by atoms with Gasteiger partial charge in [-0.05, 0) is 42.8 Å². The Morgan fingerprint density at radius 2 is 1.88 bits per heavy atom. The fraction of sp³-hybridized carbons (Fsp3) is 0.538. The number of alkyl halides is 1. The van der Waals surface area contributed by atoms with Crippen molar-refractivity contribution in [2.75, 3.05) is 13.2 Å². The third-order valence-electron chi connectivity index (χ3n) is 2.06. The Labute approximate surface area is 120 Å². The van der Waals surface area contributed by atoms with E-state index in [1.165, 1.54) is 0 Å². The molecule has 0 unspecified atom stereocenters. The van der Waals surface area contributed by atoms with Gasteiger partial charge in [-0.3, -0.25) is 0 Å². The normalized spacial score (nSPS) is 11.6. The summed E-state index contributed by atoms with van der Waals surface area (Å²) >= 11 is 6.94. The summed E-state index contributed by atoms with van der Waals surface area (Å²) in [4.78, 5) is 0. The number of benzene rings is 1. The lowest BCUT2D eigenvalue weighted by molar-refractivity contribution is -0.0164. The van der Waals surface area contributed by atoms with Gasteiger partial charge in [-0.2, -0.15) is 0 Å². The summed E-state index contributed by atoms with van der Waals surface area (Å²) in [5.74, 6) is 0.891. The third kappa shape index (κ3) is 5.40. The van der Waals surface area contributed by atoms with E-state index in [1.54, 1.807) is 0 Å². The zero-order valence-electron chi connectivity index (χ0n) is 10.4. The maximum Gasteiger partial charge on any atom is 0.137 e. The molecule has 1 rings (SSSR count). The Bertz CT molecular complexity index is 359. The molecule has 0 saturated heterocycles. The van der Waals surface area contributed by atoms with E-state index < -0.39 is 0 Å².